The Morgan fingerprint density at radius 1 is 1.41 bits per heavy atom. The molecule has 0 aliphatic heterocycles. The fourth-order valence-electron chi connectivity index (χ4n) is 1.70. The summed E-state index contributed by atoms with van der Waals surface area (Å²) in [7, 11) is 3.25. The summed E-state index contributed by atoms with van der Waals surface area (Å²) in [6, 6.07) is 5.56. The molecule has 0 saturated heterocycles. The van der Waals surface area contributed by atoms with E-state index in [1.165, 1.54) is 0 Å². The maximum atomic E-state index is 12.2. The summed E-state index contributed by atoms with van der Waals surface area (Å²) in [5.74, 6) is 0.729. The minimum Gasteiger partial charge on any atom is -0.496 e. The van der Waals surface area contributed by atoms with Crippen LogP contribution in [0, 0.1) is 0 Å². The van der Waals surface area contributed by atoms with Crippen LogP contribution in [0.4, 0.5) is 8.78 Å². The molecule has 0 saturated carbocycles. The first-order valence-corrected chi connectivity index (χ1v) is 5.39. The van der Waals surface area contributed by atoms with Gasteiger partial charge in [-0.1, -0.05) is 6.07 Å². The van der Waals surface area contributed by atoms with Crippen LogP contribution in [0.2, 0.25) is 0 Å². The number of ether oxygens (including phenoxy) is 1. The molecule has 0 unspecified atom stereocenters. The van der Waals surface area contributed by atoms with Gasteiger partial charge >= 0.3 is 0 Å². The monoisotopic (exact) mass is 244 g/mol. The first kappa shape index (κ1) is 13.9. The highest BCUT2D eigenvalue weighted by atomic mass is 19.3. The molecular formula is C12H18F2N2O. The van der Waals surface area contributed by atoms with Gasteiger partial charge in [0.2, 0.25) is 0 Å². The molecular weight excluding hydrogens is 226 g/mol. The van der Waals surface area contributed by atoms with Gasteiger partial charge in [0.05, 0.1) is 13.7 Å². The lowest BCUT2D eigenvalue weighted by Crippen LogP contribution is -2.24. The van der Waals surface area contributed by atoms with Crippen molar-refractivity contribution >= 4 is 0 Å². The second kappa shape index (κ2) is 6.51. The minimum atomic E-state index is -2.31. The molecule has 0 atom stereocenters. The average Bonchev–Trinajstić information content (AvgIpc) is 2.27. The zero-order valence-electron chi connectivity index (χ0n) is 10.1. The molecule has 96 valence electrons. The number of halogens is 2. The highest BCUT2D eigenvalue weighted by molar-refractivity contribution is 5.37. The normalized spacial score (nSPS) is 11.2. The highest BCUT2D eigenvalue weighted by Gasteiger charge is 2.09. The molecule has 0 aliphatic rings. The van der Waals surface area contributed by atoms with Gasteiger partial charge in [0.1, 0.15) is 5.75 Å². The molecule has 1 aromatic carbocycles. The van der Waals surface area contributed by atoms with E-state index in [0.29, 0.717) is 13.1 Å². The first-order valence-electron chi connectivity index (χ1n) is 5.39. The third-order valence-corrected chi connectivity index (χ3v) is 2.47. The van der Waals surface area contributed by atoms with E-state index in [0.717, 1.165) is 16.9 Å². The Morgan fingerprint density at radius 2 is 2.12 bits per heavy atom. The van der Waals surface area contributed by atoms with E-state index in [4.69, 9.17) is 10.5 Å². The van der Waals surface area contributed by atoms with Gasteiger partial charge in [-0.05, 0) is 24.7 Å². The van der Waals surface area contributed by atoms with Crippen molar-refractivity contribution in [1.82, 2.24) is 4.90 Å². The molecule has 0 spiro atoms. The molecule has 0 amide bonds. The Hall–Kier alpha value is -1.20. The van der Waals surface area contributed by atoms with Crippen LogP contribution in [0.5, 0.6) is 5.75 Å². The van der Waals surface area contributed by atoms with Gasteiger partial charge in [-0.15, -0.1) is 0 Å². The van der Waals surface area contributed by atoms with E-state index in [1.807, 2.05) is 18.2 Å². The molecule has 2 N–H and O–H groups in total. The predicted molar refractivity (Wildman–Crippen MR) is 63.2 cm³/mol. The van der Waals surface area contributed by atoms with Crippen LogP contribution in [0.1, 0.15) is 11.1 Å². The summed E-state index contributed by atoms with van der Waals surface area (Å²) in [5, 5.41) is 0. The highest BCUT2D eigenvalue weighted by Crippen LogP contribution is 2.20. The topological polar surface area (TPSA) is 38.5 Å². The van der Waals surface area contributed by atoms with Crippen molar-refractivity contribution in [3.05, 3.63) is 29.3 Å². The molecule has 0 bridgehead atoms. The van der Waals surface area contributed by atoms with E-state index in [1.54, 1.807) is 19.1 Å². The van der Waals surface area contributed by atoms with Crippen molar-refractivity contribution in [2.24, 2.45) is 5.73 Å². The van der Waals surface area contributed by atoms with Crippen molar-refractivity contribution in [1.29, 1.82) is 0 Å². The number of methoxy groups -OCH3 is 1. The van der Waals surface area contributed by atoms with E-state index in [9.17, 15) is 8.78 Å². The second-order valence-electron chi connectivity index (χ2n) is 3.94. The Balaban J connectivity index is 2.72. The predicted octanol–water partition coefficient (Wildman–Crippen LogP) is 1.85. The van der Waals surface area contributed by atoms with E-state index in [-0.39, 0.29) is 6.54 Å². The number of rotatable bonds is 6. The van der Waals surface area contributed by atoms with Gasteiger partial charge in [0.15, 0.2) is 0 Å². The van der Waals surface area contributed by atoms with Gasteiger partial charge in [0, 0.05) is 18.7 Å². The number of nitrogens with two attached hydrogens (primary N) is 1. The molecule has 3 nitrogen and oxygen atoms in total. The summed E-state index contributed by atoms with van der Waals surface area (Å²) >= 11 is 0. The Labute approximate surface area is 100 Å². The van der Waals surface area contributed by atoms with Crippen molar-refractivity contribution in [3.63, 3.8) is 0 Å². The fraction of sp³-hybridized carbons (Fsp3) is 0.500. The number of alkyl halides is 2. The standard InChI is InChI=1S/C12H18F2N2O/c1-16(8-12(13)14)7-9-3-4-11(17-2)10(5-9)6-15/h3-5,12H,6-8,15H2,1-2H3. The van der Waals surface area contributed by atoms with Crippen LogP contribution in [0.25, 0.3) is 0 Å². The van der Waals surface area contributed by atoms with Gasteiger partial charge in [-0.2, -0.15) is 0 Å². The second-order valence-corrected chi connectivity index (χ2v) is 3.94. The Bertz CT molecular complexity index is 358. The summed E-state index contributed by atoms with van der Waals surface area (Å²) in [4.78, 5) is 1.58. The van der Waals surface area contributed by atoms with Crippen LogP contribution in [0.3, 0.4) is 0 Å². The Morgan fingerprint density at radius 3 is 2.65 bits per heavy atom. The third-order valence-electron chi connectivity index (χ3n) is 2.47. The number of nitrogens with zero attached hydrogens (tertiary/aromatic N) is 1. The van der Waals surface area contributed by atoms with Crippen LogP contribution in [0.15, 0.2) is 18.2 Å². The molecule has 0 heterocycles. The average molecular weight is 244 g/mol. The summed E-state index contributed by atoms with van der Waals surface area (Å²) in [5.41, 5.74) is 7.43. The van der Waals surface area contributed by atoms with Gasteiger partial charge in [-0.25, -0.2) is 8.78 Å². The number of hydrogen-bond donors (Lipinski definition) is 1. The lowest BCUT2D eigenvalue weighted by atomic mass is 10.1. The van der Waals surface area contributed by atoms with Gasteiger partial charge in [-0.3, -0.25) is 4.90 Å². The molecule has 0 aromatic heterocycles. The Kier molecular flexibility index (Phi) is 5.31. The van der Waals surface area contributed by atoms with Crippen LogP contribution >= 0.6 is 0 Å². The fourth-order valence-corrected chi connectivity index (χ4v) is 1.70. The maximum Gasteiger partial charge on any atom is 0.251 e. The van der Waals surface area contributed by atoms with Crippen molar-refractivity contribution in [2.45, 2.75) is 19.5 Å². The zero-order chi connectivity index (χ0) is 12.8. The molecule has 1 aromatic rings. The van der Waals surface area contributed by atoms with Crippen molar-refractivity contribution in [2.75, 3.05) is 20.7 Å². The van der Waals surface area contributed by atoms with E-state index < -0.39 is 6.43 Å². The van der Waals surface area contributed by atoms with E-state index in [2.05, 4.69) is 0 Å². The number of hydrogen-bond acceptors (Lipinski definition) is 3. The van der Waals surface area contributed by atoms with Crippen molar-refractivity contribution in [3.8, 4) is 5.75 Å². The quantitative estimate of drug-likeness (QED) is 0.830. The van der Waals surface area contributed by atoms with E-state index >= 15 is 0 Å². The van der Waals surface area contributed by atoms with Crippen LogP contribution in [-0.2, 0) is 13.1 Å². The number of benzene rings is 1. The molecule has 0 fully saturated rings. The largest absolute Gasteiger partial charge is 0.496 e. The molecule has 17 heavy (non-hydrogen) atoms. The lowest BCUT2D eigenvalue weighted by molar-refractivity contribution is 0.0975. The molecule has 5 heteroatoms. The summed E-state index contributed by atoms with van der Waals surface area (Å²) in [6.07, 6.45) is -2.31. The molecule has 0 radical (unpaired) electrons. The third kappa shape index (κ3) is 4.28. The molecule has 0 aliphatic carbocycles. The van der Waals surface area contributed by atoms with Gasteiger partial charge < -0.3 is 10.5 Å². The zero-order valence-corrected chi connectivity index (χ0v) is 10.1. The van der Waals surface area contributed by atoms with Crippen LogP contribution in [-0.4, -0.2) is 32.0 Å². The van der Waals surface area contributed by atoms with Crippen LogP contribution < -0.4 is 10.5 Å². The lowest BCUT2D eigenvalue weighted by Gasteiger charge is -2.17. The SMILES string of the molecule is COc1ccc(CN(C)CC(F)F)cc1CN. The minimum absolute atomic E-state index is 0.232. The molecule has 1 rings (SSSR count). The summed E-state index contributed by atoms with van der Waals surface area (Å²) < 4.78 is 29.5. The van der Waals surface area contributed by atoms with Crippen molar-refractivity contribution < 1.29 is 13.5 Å². The van der Waals surface area contributed by atoms with Gasteiger partial charge in [0.25, 0.3) is 6.43 Å². The smallest absolute Gasteiger partial charge is 0.251 e. The maximum absolute atomic E-state index is 12.2. The summed E-state index contributed by atoms with van der Waals surface area (Å²) in [6.45, 7) is 0.612. The first-order chi connectivity index (χ1) is 8.06.